The Morgan fingerprint density at radius 3 is 2.88 bits per heavy atom. The van der Waals surface area contributed by atoms with E-state index >= 15 is 0 Å². The number of hydrogen-bond acceptors (Lipinski definition) is 3. The molecule has 5 nitrogen and oxygen atoms in total. The number of para-hydroxylation sites is 2. The highest BCUT2D eigenvalue weighted by atomic mass is 19.1. The summed E-state index contributed by atoms with van der Waals surface area (Å²) in [5, 5.41) is 2.80. The van der Waals surface area contributed by atoms with Crippen LogP contribution in [0.2, 0.25) is 0 Å². The lowest BCUT2D eigenvalue weighted by molar-refractivity contribution is -0.123. The zero-order valence-corrected chi connectivity index (χ0v) is 14.0. The molecule has 0 atom stereocenters. The van der Waals surface area contributed by atoms with Gasteiger partial charge < -0.3 is 14.6 Å². The van der Waals surface area contributed by atoms with Gasteiger partial charge in [-0.25, -0.2) is 9.37 Å². The summed E-state index contributed by atoms with van der Waals surface area (Å²) in [5.74, 6) is 0.718. The van der Waals surface area contributed by atoms with E-state index in [4.69, 9.17) is 4.74 Å². The largest absolute Gasteiger partial charge is 0.484 e. The Morgan fingerprint density at radius 1 is 1.24 bits per heavy atom. The zero-order chi connectivity index (χ0) is 17.6. The molecule has 0 fully saturated rings. The Labute approximate surface area is 145 Å². The van der Waals surface area contributed by atoms with Gasteiger partial charge in [-0.2, -0.15) is 0 Å². The van der Waals surface area contributed by atoms with Crippen LogP contribution in [0.4, 0.5) is 4.39 Å². The highest BCUT2D eigenvalue weighted by molar-refractivity contribution is 5.77. The van der Waals surface area contributed by atoms with E-state index in [9.17, 15) is 9.18 Å². The number of imidazole rings is 1. The quantitative estimate of drug-likeness (QED) is 0.672. The molecule has 1 heterocycles. The van der Waals surface area contributed by atoms with E-state index in [0.29, 0.717) is 12.3 Å². The first kappa shape index (κ1) is 17.0. The summed E-state index contributed by atoms with van der Waals surface area (Å²) in [5.41, 5.74) is 2.08. The first-order valence-corrected chi connectivity index (χ1v) is 8.19. The van der Waals surface area contributed by atoms with Crippen LogP contribution >= 0.6 is 0 Å². The van der Waals surface area contributed by atoms with Gasteiger partial charge in [0.15, 0.2) is 6.61 Å². The minimum atomic E-state index is -0.389. The summed E-state index contributed by atoms with van der Waals surface area (Å²) >= 11 is 0. The Hall–Kier alpha value is -2.89. The van der Waals surface area contributed by atoms with Gasteiger partial charge in [0.25, 0.3) is 5.91 Å². The number of benzene rings is 2. The van der Waals surface area contributed by atoms with Crippen molar-refractivity contribution in [2.75, 3.05) is 13.2 Å². The number of nitrogens with one attached hydrogen (secondary N) is 1. The summed E-state index contributed by atoms with van der Waals surface area (Å²) < 4.78 is 20.4. The predicted molar refractivity (Wildman–Crippen MR) is 93.9 cm³/mol. The normalized spacial score (nSPS) is 10.8. The van der Waals surface area contributed by atoms with Crippen LogP contribution in [0.15, 0.2) is 48.5 Å². The lowest BCUT2D eigenvalue weighted by atomic mass is 10.3. The van der Waals surface area contributed by atoms with Crippen LogP contribution in [0.1, 0.15) is 12.2 Å². The van der Waals surface area contributed by atoms with Crippen molar-refractivity contribution < 1.29 is 13.9 Å². The average Bonchev–Trinajstić information content (AvgIpc) is 2.93. The van der Waals surface area contributed by atoms with Crippen LogP contribution in [-0.4, -0.2) is 28.6 Å². The van der Waals surface area contributed by atoms with Crippen LogP contribution in [0.25, 0.3) is 11.0 Å². The van der Waals surface area contributed by atoms with E-state index < -0.39 is 0 Å². The number of carbonyl (C=O) groups is 1. The molecule has 1 N–H and O–H groups in total. The smallest absolute Gasteiger partial charge is 0.257 e. The summed E-state index contributed by atoms with van der Waals surface area (Å²) in [7, 11) is 2.00. The molecular weight excluding hydrogens is 321 g/mol. The number of carbonyl (C=O) groups excluding carboxylic acids is 1. The van der Waals surface area contributed by atoms with Gasteiger partial charge in [-0.15, -0.1) is 0 Å². The molecule has 3 rings (SSSR count). The monoisotopic (exact) mass is 341 g/mol. The topological polar surface area (TPSA) is 56.2 Å². The fourth-order valence-corrected chi connectivity index (χ4v) is 2.65. The average molecular weight is 341 g/mol. The van der Waals surface area contributed by atoms with E-state index in [1.165, 1.54) is 12.1 Å². The molecule has 130 valence electrons. The first-order chi connectivity index (χ1) is 12.1. The molecule has 6 heteroatoms. The summed E-state index contributed by atoms with van der Waals surface area (Å²) in [6, 6.07) is 13.7. The Morgan fingerprint density at radius 2 is 2.08 bits per heavy atom. The number of halogens is 1. The van der Waals surface area contributed by atoms with Gasteiger partial charge >= 0.3 is 0 Å². The van der Waals surface area contributed by atoms with Crippen LogP contribution in [0, 0.1) is 5.82 Å². The van der Waals surface area contributed by atoms with E-state index in [2.05, 4.69) is 14.9 Å². The van der Waals surface area contributed by atoms with Gasteiger partial charge in [-0.3, -0.25) is 4.79 Å². The lowest BCUT2D eigenvalue weighted by Gasteiger charge is -2.07. The number of aromatic nitrogens is 2. The van der Waals surface area contributed by atoms with E-state index in [1.807, 2.05) is 31.3 Å². The second kappa shape index (κ2) is 7.79. The maximum atomic E-state index is 13.0. The van der Waals surface area contributed by atoms with Gasteiger partial charge in [-0.1, -0.05) is 18.2 Å². The van der Waals surface area contributed by atoms with Crippen molar-refractivity contribution in [2.24, 2.45) is 7.05 Å². The molecule has 0 unspecified atom stereocenters. The predicted octanol–water partition coefficient (Wildman–Crippen LogP) is 2.84. The van der Waals surface area contributed by atoms with Crippen molar-refractivity contribution in [3.8, 4) is 5.75 Å². The molecule has 0 radical (unpaired) electrons. The molecular formula is C19H20FN3O2. The van der Waals surface area contributed by atoms with Crippen molar-refractivity contribution in [3.05, 3.63) is 60.2 Å². The van der Waals surface area contributed by atoms with Gasteiger partial charge in [0.1, 0.15) is 17.4 Å². The van der Waals surface area contributed by atoms with Crippen LogP contribution in [-0.2, 0) is 18.3 Å². The molecule has 0 spiro atoms. The minimum Gasteiger partial charge on any atom is -0.484 e. The Bertz CT molecular complexity index is 876. The van der Waals surface area contributed by atoms with E-state index in [0.717, 1.165) is 29.7 Å². The third-order valence-electron chi connectivity index (χ3n) is 3.95. The highest BCUT2D eigenvalue weighted by Gasteiger charge is 2.07. The van der Waals surface area contributed by atoms with E-state index in [-0.39, 0.29) is 18.3 Å². The molecule has 2 aromatic carbocycles. The van der Waals surface area contributed by atoms with Crippen molar-refractivity contribution in [1.82, 2.24) is 14.9 Å². The molecule has 1 aromatic heterocycles. The maximum Gasteiger partial charge on any atom is 0.257 e. The molecule has 0 bridgehead atoms. The van der Waals surface area contributed by atoms with Crippen LogP contribution in [0.3, 0.4) is 0 Å². The molecule has 0 aliphatic rings. The number of hydrogen-bond donors (Lipinski definition) is 1. The summed E-state index contributed by atoms with van der Waals surface area (Å²) in [6.07, 6.45) is 1.55. The third kappa shape index (κ3) is 4.35. The number of fused-ring (bicyclic) bond motifs is 1. The maximum absolute atomic E-state index is 13.0. The number of rotatable bonds is 7. The molecule has 1 amide bonds. The van der Waals surface area contributed by atoms with Crippen molar-refractivity contribution in [3.63, 3.8) is 0 Å². The summed E-state index contributed by atoms with van der Waals surface area (Å²) in [4.78, 5) is 16.4. The number of aryl methyl sites for hydroxylation is 2. The van der Waals surface area contributed by atoms with Gasteiger partial charge in [-0.05, 0) is 30.7 Å². The van der Waals surface area contributed by atoms with Gasteiger partial charge in [0, 0.05) is 26.1 Å². The fourth-order valence-electron chi connectivity index (χ4n) is 2.65. The zero-order valence-electron chi connectivity index (χ0n) is 14.0. The number of nitrogens with zero attached hydrogens (tertiary/aromatic N) is 2. The van der Waals surface area contributed by atoms with Crippen molar-refractivity contribution in [2.45, 2.75) is 12.8 Å². The van der Waals surface area contributed by atoms with E-state index in [1.54, 1.807) is 12.1 Å². The van der Waals surface area contributed by atoms with Crippen molar-refractivity contribution in [1.29, 1.82) is 0 Å². The second-order valence-electron chi connectivity index (χ2n) is 5.78. The number of amides is 1. The molecule has 0 aliphatic heterocycles. The fraction of sp³-hybridized carbons (Fsp3) is 0.263. The van der Waals surface area contributed by atoms with Crippen LogP contribution in [0.5, 0.6) is 5.75 Å². The molecule has 25 heavy (non-hydrogen) atoms. The first-order valence-electron chi connectivity index (χ1n) is 8.19. The van der Waals surface area contributed by atoms with Gasteiger partial charge in [0.2, 0.25) is 0 Å². The molecule has 3 aromatic rings. The lowest BCUT2D eigenvalue weighted by Crippen LogP contribution is -2.30. The van der Waals surface area contributed by atoms with Crippen LogP contribution < -0.4 is 10.1 Å². The Kier molecular flexibility index (Phi) is 5.28. The summed E-state index contributed by atoms with van der Waals surface area (Å²) in [6.45, 7) is 0.407. The second-order valence-corrected chi connectivity index (χ2v) is 5.78. The molecule has 0 saturated heterocycles. The highest BCUT2D eigenvalue weighted by Crippen LogP contribution is 2.15. The Balaban J connectivity index is 1.41. The SMILES string of the molecule is Cn1c(CCCNC(=O)COc2cccc(F)c2)nc2ccccc21. The standard InChI is InChI=1S/C19H20FN3O2/c1-23-17-9-3-2-8-16(17)22-18(23)10-5-11-21-19(24)13-25-15-7-4-6-14(20)12-15/h2-4,6-9,12H,5,10-11,13H2,1H3,(H,21,24). The van der Waals surface area contributed by atoms with Gasteiger partial charge in [0.05, 0.1) is 11.0 Å². The number of ether oxygens (including phenoxy) is 1. The molecule has 0 aliphatic carbocycles. The van der Waals surface area contributed by atoms with Crippen molar-refractivity contribution >= 4 is 16.9 Å². The minimum absolute atomic E-state index is 0.129. The third-order valence-corrected chi connectivity index (χ3v) is 3.95. The molecule has 0 saturated carbocycles.